The first-order chi connectivity index (χ1) is 8.29. The molecule has 1 aliphatic carbocycles. The predicted octanol–water partition coefficient (Wildman–Crippen LogP) is 4.12. The van der Waals surface area contributed by atoms with E-state index in [0.29, 0.717) is 5.75 Å². The number of hydrogen-bond donors (Lipinski definition) is 1. The molecule has 1 nitrogen and oxygen atoms in total. The predicted molar refractivity (Wildman–Crippen MR) is 71.6 cm³/mol. The molecule has 17 heavy (non-hydrogen) atoms. The van der Waals surface area contributed by atoms with E-state index in [9.17, 15) is 5.11 Å². The van der Waals surface area contributed by atoms with Gasteiger partial charge in [-0.25, -0.2) is 0 Å². The molecule has 1 heteroatoms. The van der Waals surface area contributed by atoms with Crippen molar-refractivity contribution < 1.29 is 5.11 Å². The Balaban J connectivity index is 2.39. The number of hydrogen-bond acceptors (Lipinski definition) is 1. The van der Waals surface area contributed by atoms with Gasteiger partial charge in [0, 0.05) is 5.39 Å². The Morgan fingerprint density at radius 2 is 1.53 bits per heavy atom. The monoisotopic (exact) mass is 226 g/mol. The van der Waals surface area contributed by atoms with Gasteiger partial charge >= 0.3 is 0 Å². The molecule has 3 rings (SSSR count). The summed E-state index contributed by atoms with van der Waals surface area (Å²) in [5, 5.41) is 12.6. The number of phenols is 1. The molecular formula is C16H18O. The average molecular weight is 226 g/mol. The van der Waals surface area contributed by atoms with Gasteiger partial charge in [0.25, 0.3) is 0 Å². The van der Waals surface area contributed by atoms with Crippen molar-refractivity contribution >= 4 is 10.8 Å². The molecule has 1 aliphatic rings. The van der Waals surface area contributed by atoms with E-state index in [0.717, 1.165) is 23.8 Å². The van der Waals surface area contributed by atoms with Gasteiger partial charge in [0.15, 0.2) is 0 Å². The van der Waals surface area contributed by atoms with E-state index in [2.05, 4.69) is 19.1 Å². The molecule has 0 bridgehead atoms. The molecule has 0 heterocycles. The highest BCUT2D eigenvalue weighted by molar-refractivity contribution is 5.93. The van der Waals surface area contributed by atoms with Crippen LogP contribution in [0.25, 0.3) is 10.8 Å². The van der Waals surface area contributed by atoms with Crippen LogP contribution in [0.2, 0.25) is 0 Å². The lowest BCUT2D eigenvalue weighted by Crippen LogP contribution is -1.97. The maximum Gasteiger partial charge on any atom is 0.126 e. The Morgan fingerprint density at radius 3 is 2.29 bits per heavy atom. The fourth-order valence-electron chi connectivity index (χ4n) is 3.09. The van der Waals surface area contributed by atoms with Gasteiger partial charge in [-0.15, -0.1) is 0 Å². The maximum absolute atomic E-state index is 10.3. The van der Waals surface area contributed by atoms with E-state index in [1.807, 2.05) is 12.1 Å². The minimum Gasteiger partial charge on any atom is -0.507 e. The molecular weight excluding hydrogens is 208 g/mol. The molecule has 0 saturated heterocycles. The van der Waals surface area contributed by atoms with Crippen LogP contribution < -0.4 is 0 Å². The zero-order chi connectivity index (χ0) is 11.8. The molecule has 0 aliphatic heterocycles. The summed E-state index contributed by atoms with van der Waals surface area (Å²) < 4.78 is 0. The van der Waals surface area contributed by atoms with Crippen molar-refractivity contribution in [3.63, 3.8) is 0 Å². The summed E-state index contributed by atoms with van der Waals surface area (Å²) in [6.07, 6.45) is 6.13. The van der Waals surface area contributed by atoms with Gasteiger partial charge in [-0.3, -0.25) is 0 Å². The number of aryl methyl sites for hydroxylation is 1. The van der Waals surface area contributed by atoms with Crippen LogP contribution in [0.3, 0.4) is 0 Å². The van der Waals surface area contributed by atoms with Gasteiger partial charge in [-0.1, -0.05) is 30.7 Å². The third-order valence-electron chi connectivity index (χ3n) is 4.03. The molecule has 2 aromatic carbocycles. The van der Waals surface area contributed by atoms with Gasteiger partial charge in [0.2, 0.25) is 0 Å². The SMILES string of the molecule is Cc1c2c(c3ccccc3c1O)CCCCC2. The van der Waals surface area contributed by atoms with Gasteiger partial charge < -0.3 is 5.11 Å². The second kappa shape index (κ2) is 4.06. The Labute approximate surface area is 102 Å². The second-order valence-electron chi connectivity index (χ2n) is 5.04. The third-order valence-corrected chi connectivity index (χ3v) is 4.03. The fourth-order valence-corrected chi connectivity index (χ4v) is 3.09. The lowest BCUT2D eigenvalue weighted by atomic mass is 9.91. The van der Waals surface area contributed by atoms with Gasteiger partial charge in [-0.2, -0.15) is 0 Å². The van der Waals surface area contributed by atoms with Crippen LogP contribution >= 0.6 is 0 Å². The highest BCUT2D eigenvalue weighted by Crippen LogP contribution is 2.37. The zero-order valence-corrected chi connectivity index (χ0v) is 10.3. The Bertz CT molecular complexity index is 569. The Morgan fingerprint density at radius 1 is 0.882 bits per heavy atom. The number of benzene rings is 2. The summed E-state index contributed by atoms with van der Waals surface area (Å²) in [5.41, 5.74) is 3.98. The first kappa shape index (κ1) is 10.6. The summed E-state index contributed by atoms with van der Waals surface area (Å²) in [5.74, 6) is 0.487. The first-order valence-corrected chi connectivity index (χ1v) is 6.51. The normalized spacial score (nSPS) is 15.6. The molecule has 0 saturated carbocycles. The van der Waals surface area contributed by atoms with Crippen LogP contribution in [0.1, 0.15) is 36.0 Å². The van der Waals surface area contributed by atoms with Crippen molar-refractivity contribution in [1.82, 2.24) is 0 Å². The number of fused-ring (bicyclic) bond motifs is 3. The smallest absolute Gasteiger partial charge is 0.126 e. The minimum absolute atomic E-state index is 0.487. The van der Waals surface area contributed by atoms with Crippen LogP contribution in [0.5, 0.6) is 5.75 Å². The van der Waals surface area contributed by atoms with Crippen molar-refractivity contribution in [2.24, 2.45) is 0 Å². The number of phenolic OH excluding ortho intramolecular Hbond substituents is 1. The molecule has 0 amide bonds. The van der Waals surface area contributed by atoms with Crippen LogP contribution in [0.4, 0.5) is 0 Å². The molecule has 0 aromatic heterocycles. The summed E-state index contributed by atoms with van der Waals surface area (Å²) >= 11 is 0. The van der Waals surface area contributed by atoms with E-state index in [1.165, 1.54) is 35.8 Å². The standard InChI is InChI=1S/C16H18O/c1-11-12-7-3-2-4-8-13(12)14-9-5-6-10-15(14)16(11)17/h5-6,9-10,17H,2-4,7-8H2,1H3. The van der Waals surface area contributed by atoms with E-state index in [1.54, 1.807) is 0 Å². The molecule has 2 aromatic rings. The summed E-state index contributed by atoms with van der Waals surface area (Å²) in [7, 11) is 0. The van der Waals surface area contributed by atoms with Crippen molar-refractivity contribution in [2.45, 2.75) is 39.0 Å². The highest BCUT2D eigenvalue weighted by atomic mass is 16.3. The second-order valence-corrected chi connectivity index (χ2v) is 5.04. The molecule has 0 spiro atoms. The van der Waals surface area contributed by atoms with Crippen molar-refractivity contribution in [3.8, 4) is 5.75 Å². The number of aromatic hydroxyl groups is 1. The van der Waals surface area contributed by atoms with Crippen molar-refractivity contribution in [1.29, 1.82) is 0 Å². The van der Waals surface area contributed by atoms with Gasteiger partial charge in [-0.05, 0) is 54.7 Å². The topological polar surface area (TPSA) is 20.2 Å². The first-order valence-electron chi connectivity index (χ1n) is 6.51. The zero-order valence-electron chi connectivity index (χ0n) is 10.3. The van der Waals surface area contributed by atoms with Gasteiger partial charge in [0.05, 0.1) is 0 Å². The lowest BCUT2D eigenvalue weighted by molar-refractivity contribution is 0.476. The van der Waals surface area contributed by atoms with Crippen molar-refractivity contribution in [2.75, 3.05) is 0 Å². The van der Waals surface area contributed by atoms with Crippen LogP contribution in [-0.4, -0.2) is 5.11 Å². The minimum atomic E-state index is 0.487. The van der Waals surface area contributed by atoms with Crippen LogP contribution in [0.15, 0.2) is 24.3 Å². The molecule has 0 radical (unpaired) electrons. The molecule has 0 atom stereocenters. The molecule has 88 valence electrons. The fraction of sp³-hybridized carbons (Fsp3) is 0.375. The van der Waals surface area contributed by atoms with Crippen LogP contribution in [-0.2, 0) is 12.8 Å². The highest BCUT2D eigenvalue weighted by Gasteiger charge is 2.17. The molecule has 1 N–H and O–H groups in total. The summed E-state index contributed by atoms with van der Waals surface area (Å²) in [6, 6.07) is 8.26. The van der Waals surface area contributed by atoms with Gasteiger partial charge in [0.1, 0.15) is 5.75 Å². The average Bonchev–Trinajstić information content (AvgIpc) is 2.62. The largest absolute Gasteiger partial charge is 0.507 e. The summed E-state index contributed by atoms with van der Waals surface area (Å²) in [4.78, 5) is 0. The van der Waals surface area contributed by atoms with Crippen LogP contribution in [0, 0.1) is 6.92 Å². The Kier molecular flexibility index (Phi) is 2.54. The van der Waals surface area contributed by atoms with E-state index in [4.69, 9.17) is 0 Å². The lowest BCUT2D eigenvalue weighted by Gasteiger charge is -2.15. The molecule has 0 unspecified atom stereocenters. The molecule has 0 fully saturated rings. The van der Waals surface area contributed by atoms with E-state index < -0.39 is 0 Å². The third kappa shape index (κ3) is 1.61. The quantitative estimate of drug-likeness (QED) is 0.670. The van der Waals surface area contributed by atoms with Crippen molar-refractivity contribution in [3.05, 3.63) is 41.0 Å². The van der Waals surface area contributed by atoms with E-state index >= 15 is 0 Å². The number of rotatable bonds is 0. The maximum atomic E-state index is 10.3. The Hall–Kier alpha value is -1.50. The summed E-state index contributed by atoms with van der Waals surface area (Å²) in [6.45, 7) is 2.06. The van der Waals surface area contributed by atoms with E-state index in [-0.39, 0.29) is 0 Å².